The molecule has 5 nitrogen and oxygen atoms in total. The molecule has 146 valence electrons. The van der Waals surface area contributed by atoms with Crippen LogP contribution < -0.4 is 22.8 Å². The third kappa shape index (κ3) is 4.93. The Labute approximate surface area is 166 Å². The van der Waals surface area contributed by atoms with Crippen LogP contribution in [0.2, 0.25) is 0 Å². The molecule has 1 atom stereocenters. The van der Waals surface area contributed by atoms with E-state index in [-0.39, 0.29) is 19.0 Å². The fourth-order valence-electron chi connectivity index (χ4n) is 3.11. The summed E-state index contributed by atoms with van der Waals surface area (Å²) in [6.45, 7) is 5.53. The number of benzene rings is 2. The Bertz CT molecular complexity index is 915. The van der Waals surface area contributed by atoms with Crippen LogP contribution in [0.25, 0.3) is 11.0 Å². The topological polar surface area (TPSA) is 63.2 Å². The summed E-state index contributed by atoms with van der Waals surface area (Å²) < 4.78 is 9.58. The first-order valence-corrected chi connectivity index (χ1v) is 9.20. The number of imidazole rings is 1. The van der Waals surface area contributed by atoms with Crippen molar-refractivity contribution in [2.75, 3.05) is 6.61 Å². The van der Waals surface area contributed by atoms with Crippen molar-refractivity contribution in [1.82, 2.24) is 9.13 Å². The molecule has 1 unspecified atom stereocenters. The Hall–Kier alpha value is -2.24. The third-order valence-electron chi connectivity index (χ3n) is 4.57. The predicted octanol–water partition coefficient (Wildman–Crippen LogP) is 0.475. The minimum absolute atomic E-state index is 0. The lowest BCUT2D eigenvalue weighted by molar-refractivity contribution is -0.00000769. The number of aliphatic hydroxyl groups excluding tert-OH is 1. The van der Waals surface area contributed by atoms with E-state index < -0.39 is 6.10 Å². The number of para-hydroxylation sites is 2. The van der Waals surface area contributed by atoms with E-state index in [9.17, 15) is 5.11 Å². The lowest BCUT2D eigenvalue weighted by Gasteiger charge is -2.14. The molecule has 0 bridgehead atoms. The molecule has 6 heteroatoms. The van der Waals surface area contributed by atoms with Gasteiger partial charge in [-0.3, -0.25) is 5.41 Å². The van der Waals surface area contributed by atoms with E-state index >= 15 is 0 Å². The highest BCUT2D eigenvalue weighted by atomic mass is 35.5. The number of ether oxygens (including phenoxy) is 1. The second-order valence-corrected chi connectivity index (χ2v) is 6.71. The van der Waals surface area contributed by atoms with Crippen molar-refractivity contribution in [2.45, 2.75) is 45.9 Å². The van der Waals surface area contributed by atoms with Crippen molar-refractivity contribution < 1.29 is 22.3 Å². The molecule has 0 fully saturated rings. The van der Waals surface area contributed by atoms with Crippen LogP contribution in [0.1, 0.15) is 25.3 Å². The number of aromatic nitrogens is 2. The van der Waals surface area contributed by atoms with Gasteiger partial charge < -0.3 is 31.4 Å². The smallest absolute Gasteiger partial charge is 0.203 e. The van der Waals surface area contributed by atoms with Gasteiger partial charge in [0.25, 0.3) is 0 Å². The molecule has 1 heterocycles. The largest absolute Gasteiger partial charge is 1.00 e. The summed E-state index contributed by atoms with van der Waals surface area (Å²) in [6, 6.07) is 15.8. The summed E-state index contributed by atoms with van der Waals surface area (Å²) in [4.78, 5) is 0. The van der Waals surface area contributed by atoms with Crippen molar-refractivity contribution in [3.63, 3.8) is 0 Å². The van der Waals surface area contributed by atoms with E-state index in [2.05, 4.69) is 6.92 Å². The molecule has 3 rings (SSSR count). The summed E-state index contributed by atoms with van der Waals surface area (Å²) in [7, 11) is 0. The van der Waals surface area contributed by atoms with Crippen LogP contribution >= 0.6 is 0 Å². The van der Waals surface area contributed by atoms with Gasteiger partial charge in [0.15, 0.2) is 0 Å². The normalized spacial score (nSPS) is 12.0. The monoisotopic (exact) mass is 388 g/mol. The van der Waals surface area contributed by atoms with E-state index in [0.717, 1.165) is 36.2 Å². The Morgan fingerprint density at radius 1 is 1.04 bits per heavy atom. The fourth-order valence-corrected chi connectivity index (χ4v) is 3.11. The van der Waals surface area contributed by atoms with Gasteiger partial charge in [-0.05, 0) is 37.6 Å². The van der Waals surface area contributed by atoms with Crippen LogP contribution in [0.5, 0.6) is 5.75 Å². The number of nitrogens with one attached hydrogen (secondary N) is 1. The van der Waals surface area contributed by atoms with E-state index in [4.69, 9.17) is 10.1 Å². The summed E-state index contributed by atoms with van der Waals surface area (Å²) >= 11 is 0. The number of halogens is 1. The molecule has 0 aliphatic heterocycles. The molecule has 0 saturated carbocycles. The number of rotatable bonds is 8. The highest BCUT2D eigenvalue weighted by molar-refractivity contribution is 5.75. The van der Waals surface area contributed by atoms with Crippen LogP contribution in [0.3, 0.4) is 0 Å². The fraction of sp³-hybridized carbons (Fsp3) is 0.381. The van der Waals surface area contributed by atoms with E-state index in [1.807, 2.05) is 64.6 Å². The maximum absolute atomic E-state index is 10.4. The zero-order chi connectivity index (χ0) is 18.5. The van der Waals surface area contributed by atoms with Gasteiger partial charge in [0.05, 0.1) is 17.6 Å². The lowest BCUT2D eigenvalue weighted by Crippen LogP contribution is -3.00. The quantitative estimate of drug-likeness (QED) is 0.589. The van der Waals surface area contributed by atoms with Gasteiger partial charge in [0.1, 0.15) is 18.5 Å². The molecule has 2 N–H and O–H groups in total. The van der Waals surface area contributed by atoms with Gasteiger partial charge in [-0.25, -0.2) is 0 Å². The maximum atomic E-state index is 10.4. The Morgan fingerprint density at radius 2 is 1.67 bits per heavy atom. The van der Waals surface area contributed by atoms with E-state index in [0.29, 0.717) is 12.2 Å². The van der Waals surface area contributed by atoms with Crippen LogP contribution in [0.15, 0.2) is 48.5 Å². The van der Waals surface area contributed by atoms with Gasteiger partial charge in [0, 0.05) is 6.54 Å². The summed E-state index contributed by atoms with van der Waals surface area (Å²) in [5.74, 6) is 0.746. The van der Waals surface area contributed by atoms with E-state index in [1.165, 1.54) is 5.56 Å². The average molecular weight is 389 g/mol. The molecule has 0 saturated heterocycles. The molecule has 0 aliphatic rings. The molecular weight excluding hydrogens is 362 g/mol. The minimum atomic E-state index is -0.684. The zero-order valence-electron chi connectivity index (χ0n) is 15.9. The molecular formula is C21H27ClN3O2-. The number of nitrogens with zero attached hydrogens (tertiary/aromatic N) is 2. The Kier molecular flexibility index (Phi) is 7.51. The molecule has 2 aromatic carbocycles. The number of hydrogen-bond donors (Lipinski definition) is 2. The molecule has 3 aromatic rings. The average Bonchev–Trinajstić information content (AvgIpc) is 2.91. The Balaban J connectivity index is 0.00000261. The molecule has 1 aromatic heterocycles. The van der Waals surface area contributed by atoms with Gasteiger partial charge in [0.2, 0.25) is 5.62 Å². The van der Waals surface area contributed by atoms with Crippen LogP contribution in [0.4, 0.5) is 0 Å². The molecule has 27 heavy (non-hydrogen) atoms. The minimum Gasteiger partial charge on any atom is -1.00 e. The molecule has 0 aliphatic carbocycles. The second-order valence-electron chi connectivity index (χ2n) is 6.71. The second kappa shape index (κ2) is 9.62. The van der Waals surface area contributed by atoms with Crippen molar-refractivity contribution in [1.29, 1.82) is 5.41 Å². The van der Waals surface area contributed by atoms with Gasteiger partial charge in [-0.2, -0.15) is 0 Å². The Morgan fingerprint density at radius 3 is 2.30 bits per heavy atom. The molecule has 0 radical (unpaired) electrons. The predicted molar refractivity (Wildman–Crippen MR) is 103 cm³/mol. The van der Waals surface area contributed by atoms with Gasteiger partial charge in [-0.1, -0.05) is 43.2 Å². The summed E-state index contributed by atoms with van der Waals surface area (Å²) in [5, 5.41) is 19.0. The standard InChI is InChI=1S/C21H27N3O2.ClH/c1-3-4-13-23-19-7-5-6-8-20(19)24(21(23)22)14-17(25)15-26-18-11-9-16(2)10-12-18;/h5-12,17,22,25H,3-4,13-15H2,1-2H3;1H/p-1. The van der Waals surface area contributed by atoms with E-state index in [1.54, 1.807) is 0 Å². The SMILES string of the molecule is CCCCn1c(=N)n(CC(O)COc2ccc(C)cc2)c2ccccc21.[Cl-]. The first kappa shape index (κ1) is 21.1. The van der Waals surface area contributed by atoms with Crippen LogP contribution in [0, 0.1) is 12.3 Å². The van der Waals surface area contributed by atoms with Crippen molar-refractivity contribution in [3.8, 4) is 5.75 Å². The van der Waals surface area contributed by atoms with Crippen molar-refractivity contribution >= 4 is 11.0 Å². The lowest BCUT2D eigenvalue weighted by atomic mass is 10.2. The summed E-state index contributed by atoms with van der Waals surface area (Å²) in [5.41, 5.74) is 3.61. The number of aryl methyl sites for hydroxylation is 2. The van der Waals surface area contributed by atoms with Crippen LogP contribution in [-0.4, -0.2) is 27.0 Å². The number of aliphatic hydroxyl groups is 1. The molecule has 0 spiro atoms. The maximum Gasteiger partial charge on any atom is 0.203 e. The zero-order valence-corrected chi connectivity index (χ0v) is 16.6. The molecule has 0 amide bonds. The first-order chi connectivity index (χ1) is 12.6. The number of fused-ring (bicyclic) bond motifs is 1. The number of hydrogen-bond acceptors (Lipinski definition) is 3. The van der Waals surface area contributed by atoms with Gasteiger partial charge in [-0.15, -0.1) is 0 Å². The van der Waals surface area contributed by atoms with Gasteiger partial charge >= 0.3 is 0 Å². The summed E-state index contributed by atoms with van der Waals surface area (Å²) in [6.07, 6.45) is 1.43. The third-order valence-corrected chi connectivity index (χ3v) is 4.57. The first-order valence-electron chi connectivity index (χ1n) is 9.20. The highest BCUT2D eigenvalue weighted by Crippen LogP contribution is 2.15. The number of unbranched alkanes of at least 4 members (excludes halogenated alkanes) is 1. The van der Waals surface area contributed by atoms with Crippen LogP contribution in [-0.2, 0) is 13.1 Å². The van der Waals surface area contributed by atoms with Crippen molar-refractivity contribution in [2.24, 2.45) is 0 Å². The highest BCUT2D eigenvalue weighted by Gasteiger charge is 2.14. The van der Waals surface area contributed by atoms with Crippen molar-refractivity contribution in [3.05, 3.63) is 59.7 Å².